The highest BCUT2D eigenvalue weighted by Gasteiger charge is 2.24. The van der Waals surface area contributed by atoms with Gasteiger partial charge in [0.25, 0.3) is 5.91 Å². The zero-order chi connectivity index (χ0) is 24.3. The topological polar surface area (TPSA) is 119 Å². The van der Waals surface area contributed by atoms with E-state index >= 15 is 0 Å². The normalized spacial score (nSPS) is 14.9. The summed E-state index contributed by atoms with van der Waals surface area (Å²) in [4.78, 5) is 11.3. The van der Waals surface area contributed by atoms with Crippen molar-refractivity contribution in [2.75, 3.05) is 10.5 Å². The van der Waals surface area contributed by atoms with E-state index in [1.165, 1.54) is 6.42 Å². The minimum absolute atomic E-state index is 0.0972. The van der Waals surface area contributed by atoms with Crippen LogP contribution in [0.4, 0.5) is 10.2 Å². The summed E-state index contributed by atoms with van der Waals surface area (Å²) in [5, 5.41) is 11.3. The van der Waals surface area contributed by atoms with Gasteiger partial charge in [0.05, 0.1) is 23.9 Å². The molecule has 1 saturated carbocycles. The van der Waals surface area contributed by atoms with E-state index in [4.69, 9.17) is 4.52 Å². The maximum absolute atomic E-state index is 12.8. The number of fused-ring (bicyclic) bond motifs is 1. The van der Waals surface area contributed by atoms with Crippen molar-refractivity contribution in [3.63, 3.8) is 0 Å². The Balaban J connectivity index is 1.45. The quantitative estimate of drug-likeness (QED) is 0.441. The van der Waals surface area contributed by atoms with Crippen molar-refractivity contribution in [2.45, 2.75) is 52.1 Å². The number of anilines is 1. The number of benzene rings is 1. The summed E-state index contributed by atoms with van der Waals surface area (Å²) in [6.07, 6.45) is 8.53. The fourth-order valence-electron chi connectivity index (χ4n) is 4.41. The van der Waals surface area contributed by atoms with Crippen LogP contribution in [-0.4, -0.2) is 35.0 Å². The predicted molar refractivity (Wildman–Crippen MR) is 126 cm³/mol. The molecule has 1 amide bonds. The lowest BCUT2D eigenvalue weighted by Crippen LogP contribution is -2.24. The van der Waals surface area contributed by atoms with Crippen LogP contribution < -0.4 is 10.0 Å². The first-order chi connectivity index (χ1) is 16.2. The maximum atomic E-state index is 12.8. The smallest absolute Gasteiger partial charge is 0.279 e. The molecular weight excluding hydrogens is 461 g/mol. The van der Waals surface area contributed by atoms with Crippen LogP contribution in [0.3, 0.4) is 0 Å². The second-order valence-corrected chi connectivity index (χ2v) is 10.6. The average Bonchev–Trinajstić information content (AvgIpc) is 3.39. The van der Waals surface area contributed by atoms with Gasteiger partial charge < -0.3 is 9.84 Å². The molecule has 1 aromatic carbocycles. The maximum Gasteiger partial charge on any atom is 0.279 e. The number of aromatic nitrogens is 3. The van der Waals surface area contributed by atoms with Crippen LogP contribution in [0, 0.1) is 12.8 Å². The van der Waals surface area contributed by atoms with Gasteiger partial charge in [0.2, 0.25) is 10.0 Å². The van der Waals surface area contributed by atoms with Crippen LogP contribution >= 0.6 is 0 Å². The summed E-state index contributed by atoms with van der Waals surface area (Å²) in [7, 11) is -3.53. The van der Waals surface area contributed by atoms with Gasteiger partial charge in [-0.05, 0) is 42.9 Å². The highest BCUT2D eigenvalue weighted by molar-refractivity contribution is 7.92. The van der Waals surface area contributed by atoms with Crippen molar-refractivity contribution in [1.82, 2.24) is 20.3 Å². The first-order valence-electron chi connectivity index (χ1n) is 11.2. The summed E-state index contributed by atoms with van der Waals surface area (Å²) in [5.74, 6) is -1.41. The van der Waals surface area contributed by atoms with Crippen LogP contribution in [-0.2, 0) is 27.9 Å². The molecule has 2 aromatic heterocycles. The Morgan fingerprint density at radius 3 is 2.76 bits per heavy atom. The molecule has 11 heteroatoms. The van der Waals surface area contributed by atoms with E-state index in [1.54, 1.807) is 23.1 Å². The number of rotatable bonds is 9. The zero-order valence-corrected chi connectivity index (χ0v) is 19.8. The molecule has 2 N–H and O–H groups in total. The number of hydrogen-bond acceptors (Lipinski definition) is 6. The van der Waals surface area contributed by atoms with E-state index < -0.39 is 21.8 Å². The largest absolute Gasteiger partial charge is 0.354 e. The van der Waals surface area contributed by atoms with E-state index in [1.807, 2.05) is 13.0 Å². The summed E-state index contributed by atoms with van der Waals surface area (Å²) < 4.78 is 47.9. The molecule has 0 unspecified atom stereocenters. The van der Waals surface area contributed by atoms with Crippen LogP contribution in [0.25, 0.3) is 11.0 Å². The van der Waals surface area contributed by atoms with E-state index in [0.29, 0.717) is 23.1 Å². The Morgan fingerprint density at radius 2 is 2.03 bits per heavy atom. The lowest BCUT2D eigenvalue weighted by Gasteiger charge is -2.21. The summed E-state index contributed by atoms with van der Waals surface area (Å²) in [6, 6.07) is 3.72. The van der Waals surface area contributed by atoms with Crippen molar-refractivity contribution in [3.8, 4) is 0 Å². The van der Waals surface area contributed by atoms with Gasteiger partial charge in [0.15, 0.2) is 17.2 Å². The molecule has 0 radical (unpaired) electrons. The fraction of sp³-hybridized carbons (Fsp3) is 0.435. The lowest BCUT2D eigenvalue weighted by molar-refractivity contribution is -0.119. The molecule has 1 fully saturated rings. The standard InChI is InChI=1S/C23H28FN5O4S/c1-15-8-18(12-29-13-19(11-26-29)10-25-23(30)16(2)24)9-20-21(15)22(27-33-20)28-34(31,32)14-17-6-4-3-5-7-17/h8-9,11,13,17H,2-7,10,12,14H2,1H3,(H,25,30)(H,27,28). The molecule has 0 atom stereocenters. The number of nitrogens with one attached hydrogen (secondary N) is 2. The van der Waals surface area contributed by atoms with Crippen LogP contribution in [0.2, 0.25) is 0 Å². The zero-order valence-electron chi connectivity index (χ0n) is 19.0. The molecule has 1 aliphatic carbocycles. The first kappa shape index (κ1) is 23.9. The molecule has 3 aromatic rings. The summed E-state index contributed by atoms with van der Waals surface area (Å²) >= 11 is 0. The third-order valence-electron chi connectivity index (χ3n) is 5.99. The molecule has 34 heavy (non-hydrogen) atoms. The number of aryl methyl sites for hydroxylation is 1. The molecule has 9 nitrogen and oxygen atoms in total. The van der Waals surface area contributed by atoms with Gasteiger partial charge in [-0.1, -0.05) is 37.1 Å². The highest BCUT2D eigenvalue weighted by atomic mass is 32.2. The number of hydrogen-bond donors (Lipinski definition) is 2. The second-order valence-electron chi connectivity index (χ2n) is 8.84. The number of sulfonamides is 1. The number of nitrogens with zero attached hydrogens (tertiary/aromatic N) is 3. The Kier molecular flexibility index (Phi) is 7.01. The summed E-state index contributed by atoms with van der Waals surface area (Å²) in [5.41, 5.74) is 2.90. The number of halogens is 1. The monoisotopic (exact) mass is 489 g/mol. The Morgan fingerprint density at radius 1 is 1.26 bits per heavy atom. The molecule has 0 aliphatic heterocycles. The molecule has 182 valence electrons. The number of carbonyl (C=O) groups excluding carboxylic acids is 1. The SMILES string of the molecule is C=C(F)C(=O)NCc1cnn(Cc2cc(C)c3c(NS(=O)(=O)CC4CCCCC4)noc3c2)c1. The molecule has 4 rings (SSSR count). The average molecular weight is 490 g/mol. The van der Waals surface area contributed by atoms with Gasteiger partial charge in [0.1, 0.15) is 0 Å². The third-order valence-corrected chi connectivity index (χ3v) is 7.41. The van der Waals surface area contributed by atoms with Crippen molar-refractivity contribution in [1.29, 1.82) is 0 Å². The number of carbonyl (C=O) groups is 1. The van der Waals surface area contributed by atoms with E-state index in [0.717, 1.165) is 36.8 Å². The van der Waals surface area contributed by atoms with Gasteiger partial charge in [-0.3, -0.25) is 14.2 Å². The molecule has 0 saturated heterocycles. The molecule has 0 spiro atoms. The fourth-order valence-corrected chi connectivity index (χ4v) is 5.88. The van der Waals surface area contributed by atoms with Crippen molar-refractivity contribution in [3.05, 3.63) is 53.6 Å². The van der Waals surface area contributed by atoms with Crippen molar-refractivity contribution in [2.24, 2.45) is 5.92 Å². The molecule has 0 bridgehead atoms. The van der Waals surface area contributed by atoms with Gasteiger partial charge in [-0.15, -0.1) is 0 Å². The van der Waals surface area contributed by atoms with Crippen LogP contribution in [0.1, 0.15) is 48.8 Å². The summed E-state index contributed by atoms with van der Waals surface area (Å²) in [6.45, 7) is 5.38. The first-order valence-corrected chi connectivity index (χ1v) is 12.9. The van der Waals surface area contributed by atoms with E-state index in [2.05, 4.69) is 26.9 Å². The highest BCUT2D eigenvalue weighted by Crippen LogP contribution is 2.30. The van der Waals surface area contributed by atoms with Gasteiger partial charge >= 0.3 is 0 Å². The Labute approximate surface area is 197 Å². The Hall–Kier alpha value is -3.21. The van der Waals surface area contributed by atoms with E-state index in [-0.39, 0.29) is 24.0 Å². The van der Waals surface area contributed by atoms with Gasteiger partial charge in [-0.25, -0.2) is 12.8 Å². The second kappa shape index (κ2) is 9.96. The Bertz CT molecular complexity index is 1310. The minimum Gasteiger partial charge on any atom is -0.354 e. The number of amides is 1. The van der Waals surface area contributed by atoms with Gasteiger partial charge in [0, 0.05) is 18.3 Å². The minimum atomic E-state index is -3.53. The van der Waals surface area contributed by atoms with Crippen LogP contribution in [0.5, 0.6) is 0 Å². The molecule has 1 aliphatic rings. The predicted octanol–water partition coefficient (Wildman–Crippen LogP) is 3.80. The van der Waals surface area contributed by atoms with Crippen LogP contribution in [0.15, 0.2) is 41.5 Å². The lowest BCUT2D eigenvalue weighted by atomic mass is 9.91. The van der Waals surface area contributed by atoms with Crippen molar-refractivity contribution >= 4 is 32.7 Å². The molecular formula is C23H28FN5O4S. The van der Waals surface area contributed by atoms with E-state index in [9.17, 15) is 17.6 Å². The third kappa shape index (κ3) is 5.82. The van der Waals surface area contributed by atoms with Crippen molar-refractivity contribution < 1.29 is 22.1 Å². The molecule has 2 heterocycles. The van der Waals surface area contributed by atoms with Gasteiger partial charge in [-0.2, -0.15) is 5.10 Å².